The second-order valence-corrected chi connectivity index (χ2v) is 4.31. The molecule has 0 N–H and O–H groups in total. The van der Waals surface area contributed by atoms with Gasteiger partial charge in [0.1, 0.15) is 6.07 Å². The molecule has 2 rings (SSSR count). The first kappa shape index (κ1) is 10.9. The highest BCUT2D eigenvalue weighted by atomic mass is 16.5. The number of hydrogen-bond donors (Lipinski definition) is 0. The highest BCUT2D eigenvalue weighted by Crippen LogP contribution is 2.24. The molecule has 1 aliphatic rings. The standard InChI is InChI=1S/C13H16N2O/c14-8-12-6-7-13(15-9-12)16-10-11-4-2-1-3-5-11/h6-7,9,11H,1-5,10H2. The first-order valence-electron chi connectivity index (χ1n) is 5.87. The second kappa shape index (κ2) is 5.50. The zero-order chi connectivity index (χ0) is 11.2. The Morgan fingerprint density at radius 2 is 2.12 bits per heavy atom. The Balaban J connectivity index is 1.82. The molecule has 0 amide bonds. The van der Waals surface area contributed by atoms with Crippen LogP contribution in [0, 0.1) is 17.2 Å². The normalized spacial score (nSPS) is 16.7. The minimum atomic E-state index is 0.574. The third-order valence-corrected chi connectivity index (χ3v) is 3.06. The fourth-order valence-corrected chi connectivity index (χ4v) is 2.09. The van der Waals surface area contributed by atoms with Crippen molar-refractivity contribution in [3.63, 3.8) is 0 Å². The Labute approximate surface area is 96.1 Å². The van der Waals surface area contributed by atoms with E-state index >= 15 is 0 Å². The van der Waals surface area contributed by atoms with Crippen LogP contribution in [0.5, 0.6) is 5.88 Å². The largest absolute Gasteiger partial charge is 0.477 e. The van der Waals surface area contributed by atoms with E-state index in [4.69, 9.17) is 10.00 Å². The maximum atomic E-state index is 8.63. The molecule has 84 valence electrons. The van der Waals surface area contributed by atoms with Gasteiger partial charge in [-0.2, -0.15) is 5.26 Å². The molecule has 0 radical (unpaired) electrons. The molecule has 1 saturated carbocycles. The number of hydrogen-bond acceptors (Lipinski definition) is 3. The average molecular weight is 216 g/mol. The van der Waals surface area contributed by atoms with Crippen molar-refractivity contribution >= 4 is 0 Å². The zero-order valence-electron chi connectivity index (χ0n) is 9.35. The summed E-state index contributed by atoms with van der Waals surface area (Å²) in [5, 5.41) is 8.63. The molecule has 0 aromatic carbocycles. The fourth-order valence-electron chi connectivity index (χ4n) is 2.09. The quantitative estimate of drug-likeness (QED) is 0.780. The fraction of sp³-hybridized carbons (Fsp3) is 0.538. The molecule has 0 bridgehead atoms. The van der Waals surface area contributed by atoms with Crippen LogP contribution in [0.3, 0.4) is 0 Å². The predicted molar refractivity (Wildman–Crippen MR) is 61.0 cm³/mol. The zero-order valence-corrected chi connectivity index (χ0v) is 9.35. The molecule has 1 aromatic heterocycles. The maximum Gasteiger partial charge on any atom is 0.213 e. The van der Waals surface area contributed by atoms with E-state index in [1.807, 2.05) is 6.07 Å². The van der Waals surface area contributed by atoms with Gasteiger partial charge in [0.25, 0.3) is 0 Å². The molecule has 0 atom stereocenters. The molecule has 3 nitrogen and oxygen atoms in total. The van der Waals surface area contributed by atoms with Gasteiger partial charge in [0.15, 0.2) is 0 Å². The summed E-state index contributed by atoms with van der Waals surface area (Å²) < 4.78 is 5.62. The Bertz CT molecular complexity index is 361. The lowest BCUT2D eigenvalue weighted by atomic mass is 9.90. The monoisotopic (exact) mass is 216 g/mol. The van der Waals surface area contributed by atoms with Crippen molar-refractivity contribution in [2.24, 2.45) is 5.92 Å². The molecule has 1 fully saturated rings. The summed E-state index contributed by atoms with van der Waals surface area (Å²) in [6.07, 6.45) is 8.12. The molecule has 16 heavy (non-hydrogen) atoms. The molecule has 0 aliphatic heterocycles. The van der Waals surface area contributed by atoms with Crippen LogP contribution in [-0.2, 0) is 0 Å². The summed E-state index contributed by atoms with van der Waals surface area (Å²) in [4.78, 5) is 4.09. The Morgan fingerprint density at radius 1 is 1.31 bits per heavy atom. The molecule has 0 spiro atoms. The maximum absolute atomic E-state index is 8.63. The molecule has 0 saturated heterocycles. The van der Waals surface area contributed by atoms with Gasteiger partial charge in [0.2, 0.25) is 5.88 Å². The van der Waals surface area contributed by atoms with E-state index < -0.39 is 0 Å². The van der Waals surface area contributed by atoms with Crippen molar-refractivity contribution < 1.29 is 4.74 Å². The number of nitriles is 1. The highest BCUT2D eigenvalue weighted by molar-refractivity contribution is 5.28. The first-order valence-corrected chi connectivity index (χ1v) is 5.87. The van der Waals surface area contributed by atoms with Gasteiger partial charge in [-0.15, -0.1) is 0 Å². The van der Waals surface area contributed by atoms with Crippen molar-refractivity contribution in [2.75, 3.05) is 6.61 Å². The van der Waals surface area contributed by atoms with E-state index in [-0.39, 0.29) is 0 Å². The Kier molecular flexibility index (Phi) is 3.76. The summed E-state index contributed by atoms with van der Waals surface area (Å²) in [5.41, 5.74) is 0.574. The van der Waals surface area contributed by atoms with Crippen LogP contribution >= 0.6 is 0 Å². The number of aromatic nitrogens is 1. The van der Waals surface area contributed by atoms with Gasteiger partial charge in [-0.1, -0.05) is 19.3 Å². The summed E-state index contributed by atoms with van der Waals surface area (Å²) in [6, 6.07) is 5.55. The van der Waals surface area contributed by atoms with E-state index in [0.717, 1.165) is 6.61 Å². The van der Waals surface area contributed by atoms with Crippen LogP contribution in [0.1, 0.15) is 37.7 Å². The van der Waals surface area contributed by atoms with Crippen molar-refractivity contribution in [3.05, 3.63) is 23.9 Å². The van der Waals surface area contributed by atoms with Crippen LogP contribution in [0.4, 0.5) is 0 Å². The van der Waals surface area contributed by atoms with E-state index in [0.29, 0.717) is 17.4 Å². The highest BCUT2D eigenvalue weighted by Gasteiger charge is 2.13. The third kappa shape index (κ3) is 2.96. The SMILES string of the molecule is N#Cc1ccc(OCC2CCCCC2)nc1. The number of nitrogens with zero attached hydrogens (tertiary/aromatic N) is 2. The van der Waals surface area contributed by atoms with Gasteiger partial charge in [0.05, 0.1) is 12.2 Å². The minimum absolute atomic E-state index is 0.574. The van der Waals surface area contributed by atoms with E-state index in [9.17, 15) is 0 Å². The molecule has 1 aliphatic carbocycles. The van der Waals surface area contributed by atoms with Gasteiger partial charge in [-0.05, 0) is 24.8 Å². The lowest BCUT2D eigenvalue weighted by Gasteiger charge is -2.21. The lowest BCUT2D eigenvalue weighted by Crippen LogP contribution is -2.15. The summed E-state index contributed by atoms with van der Waals surface area (Å²) >= 11 is 0. The van der Waals surface area contributed by atoms with Crippen LogP contribution in [0.15, 0.2) is 18.3 Å². The third-order valence-electron chi connectivity index (χ3n) is 3.06. The Hall–Kier alpha value is -1.56. The van der Waals surface area contributed by atoms with Crippen molar-refractivity contribution in [3.8, 4) is 11.9 Å². The van der Waals surface area contributed by atoms with Gasteiger partial charge < -0.3 is 4.74 Å². The molecule has 1 aromatic rings. The first-order chi connectivity index (χ1) is 7.88. The molecular formula is C13H16N2O. The second-order valence-electron chi connectivity index (χ2n) is 4.31. The van der Waals surface area contributed by atoms with E-state index in [1.54, 1.807) is 18.3 Å². The predicted octanol–water partition coefficient (Wildman–Crippen LogP) is 2.91. The topological polar surface area (TPSA) is 45.9 Å². The van der Waals surface area contributed by atoms with Crippen molar-refractivity contribution in [2.45, 2.75) is 32.1 Å². The van der Waals surface area contributed by atoms with Gasteiger partial charge in [-0.3, -0.25) is 0 Å². The van der Waals surface area contributed by atoms with Crippen molar-refractivity contribution in [1.29, 1.82) is 5.26 Å². The minimum Gasteiger partial charge on any atom is -0.477 e. The molecule has 1 heterocycles. The van der Waals surface area contributed by atoms with E-state index in [2.05, 4.69) is 4.98 Å². The molecular weight excluding hydrogens is 200 g/mol. The Morgan fingerprint density at radius 3 is 2.75 bits per heavy atom. The lowest BCUT2D eigenvalue weighted by molar-refractivity contribution is 0.203. The smallest absolute Gasteiger partial charge is 0.213 e. The van der Waals surface area contributed by atoms with Crippen molar-refractivity contribution in [1.82, 2.24) is 4.98 Å². The van der Waals surface area contributed by atoms with Gasteiger partial charge in [0, 0.05) is 12.3 Å². The van der Waals surface area contributed by atoms with Gasteiger partial charge >= 0.3 is 0 Å². The summed E-state index contributed by atoms with van der Waals surface area (Å²) in [6.45, 7) is 0.763. The molecule has 3 heteroatoms. The summed E-state index contributed by atoms with van der Waals surface area (Å²) in [5.74, 6) is 1.32. The number of pyridine rings is 1. The van der Waals surface area contributed by atoms with Crippen LogP contribution in [0.2, 0.25) is 0 Å². The number of ether oxygens (including phenoxy) is 1. The summed E-state index contributed by atoms with van der Waals surface area (Å²) in [7, 11) is 0. The average Bonchev–Trinajstić information content (AvgIpc) is 2.38. The van der Waals surface area contributed by atoms with Gasteiger partial charge in [-0.25, -0.2) is 4.98 Å². The van der Waals surface area contributed by atoms with E-state index in [1.165, 1.54) is 32.1 Å². The van der Waals surface area contributed by atoms with Crippen LogP contribution in [-0.4, -0.2) is 11.6 Å². The molecule has 0 unspecified atom stereocenters. The van der Waals surface area contributed by atoms with Crippen LogP contribution in [0.25, 0.3) is 0 Å². The number of rotatable bonds is 3. The van der Waals surface area contributed by atoms with Crippen LogP contribution < -0.4 is 4.74 Å².